The quantitative estimate of drug-likeness (QED) is 0.0262. The van der Waals surface area contributed by atoms with Crippen molar-refractivity contribution in [2.45, 2.75) is 329 Å². The van der Waals surface area contributed by atoms with Gasteiger partial charge in [-0.05, 0) is 51.4 Å². The van der Waals surface area contributed by atoms with Gasteiger partial charge in [-0.1, -0.05) is 276 Å². The number of hydrogen-bond donors (Lipinski definition) is 0. The number of hydrogen-bond acceptors (Lipinski definition) is 6. The fourth-order valence-corrected chi connectivity index (χ4v) is 8.77. The van der Waals surface area contributed by atoms with Crippen molar-refractivity contribution in [1.82, 2.24) is 0 Å². The molecule has 0 radical (unpaired) electrons. The minimum atomic E-state index is -0.769. The zero-order valence-corrected chi connectivity index (χ0v) is 44.5. The van der Waals surface area contributed by atoms with Crippen LogP contribution < -0.4 is 0 Å². The molecule has 6 heteroatoms. The highest BCUT2D eigenvalue weighted by atomic mass is 16.6. The van der Waals surface area contributed by atoms with Crippen LogP contribution in [0.3, 0.4) is 0 Å². The van der Waals surface area contributed by atoms with Gasteiger partial charge in [0, 0.05) is 19.3 Å². The lowest BCUT2D eigenvalue weighted by Gasteiger charge is -2.18. The average Bonchev–Trinajstić information content (AvgIpc) is 3.31. The summed E-state index contributed by atoms with van der Waals surface area (Å²) < 4.78 is 16.9. The number of unbranched alkanes of at least 4 members (excludes halogenated alkanes) is 39. The lowest BCUT2D eigenvalue weighted by Crippen LogP contribution is -2.30. The average molecular weight is 930 g/mol. The van der Waals surface area contributed by atoms with E-state index in [0.717, 1.165) is 70.6 Å². The lowest BCUT2D eigenvalue weighted by atomic mass is 10.0. The van der Waals surface area contributed by atoms with Crippen LogP contribution in [0.25, 0.3) is 0 Å². The van der Waals surface area contributed by atoms with E-state index in [9.17, 15) is 14.4 Å². The predicted molar refractivity (Wildman–Crippen MR) is 284 cm³/mol. The van der Waals surface area contributed by atoms with Gasteiger partial charge in [-0.25, -0.2) is 0 Å². The van der Waals surface area contributed by atoms with Gasteiger partial charge in [-0.15, -0.1) is 0 Å². The number of carbonyl (C=O) groups excluding carboxylic acids is 3. The number of ether oxygens (including phenoxy) is 3. The van der Waals surface area contributed by atoms with Crippen molar-refractivity contribution in [3.63, 3.8) is 0 Å². The van der Waals surface area contributed by atoms with Crippen LogP contribution in [0.5, 0.6) is 0 Å². The summed E-state index contributed by atoms with van der Waals surface area (Å²) in [6.45, 7) is 6.66. The Kier molecular flexibility index (Phi) is 53.7. The molecule has 0 saturated heterocycles. The summed E-state index contributed by atoms with van der Waals surface area (Å²) in [5.74, 6) is -0.853. The largest absolute Gasteiger partial charge is 0.462 e. The maximum atomic E-state index is 12.9. The summed E-state index contributed by atoms with van der Waals surface area (Å²) in [7, 11) is 0. The van der Waals surface area contributed by atoms with Crippen LogP contribution in [0.15, 0.2) is 24.3 Å². The van der Waals surface area contributed by atoms with E-state index < -0.39 is 6.10 Å². The molecule has 0 bridgehead atoms. The molecule has 0 aliphatic carbocycles. The fraction of sp³-hybridized carbons (Fsp3) is 0.883. The van der Waals surface area contributed by atoms with Gasteiger partial charge >= 0.3 is 17.9 Å². The molecule has 0 fully saturated rings. The molecule has 0 rings (SSSR count). The maximum Gasteiger partial charge on any atom is 0.306 e. The molecule has 0 aromatic rings. The van der Waals surface area contributed by atoms with Gasteiger partial charge in [-0.3, -0.25) is 14.4 Å². The van der Waals surface area contributed by atoms with Crippen molar-refractivity contribution < 1.29 is 28.6 Å². The molecule has 0 aliphatic rings. The minimum absolute atomic E-state index is 0.0679. The van der Waals surface area contributed by atoms with Gasteiger partial charge in [0.05, 0.1) is 0 Å². The van der Waals surface area contributed by atoms with E-state index in [0.29, 0.717) is 19.3 Å². The van der Waals surface area contributed by atoms with E-state index in [2.05, 4.69) is 45.1 Å². The number of rotatable bonds is 54. The topological polar surface area (TPSA) is 78.9 Å². The summed E-state index contributed by atoms with van der Waals surface area (Å²) in [4.78, 5) is 38.2. The molecular formula is C60H112O6. The molecule has 66 heavy (non-hydrogen) atoms. The van der Waals surface area contributed by atoms with Gasteiger partial charge in [0.1, 0.15) is 13.2 Å². The number of esters is 3. The molecule has 0 amide bonds. The Labute approximate surface area is 411 Å². The lowest BCUT2D eigenvalue weighted by molar-refractivity contribution is -0.167. The first kappa shape index (κ1) is 63.9. The van der Waals surface area contributed by atoms with Crippen molar-refractivity contribution in [1.29, 1.82) is 0 Å². The monoisotopic (exact) mass is 929 g/mol. The third kappa shape index (κ3) is 52.9. The zero-order chi connectivity index (χ0) is 47.9. The van der Waals surface area contributed by atoms with Crippen molar-refractivity contribution in [3.05, 3.63) is 24.3 Å². The van der Waals surface area contributed by atoms with E-state index in [4.69, 9.17) is 14.2 Å². The number of carbonyl (C=O) groups is 3. The Balaban J connectivity index is 4.33. The molecule has 1 atom stereocenters. The summed E-state index contributed by atoms with van der Waals surface area (Å²) in [5, 5.41) is 0. The Morgan fingerprint density at radius 1 is 0.303 bits per heavy atom. The van der Waals surface area contributed by atoms with Crippen molar-refractivity contribution >= 4 is 17.9 Å². The summed E-state index contributed by atoms with van der Waals surface area (Å²) in [5.41, 5.74) is 0. The molecule has 0 aliphatic heterocycles. The summed E-state index contributed by atoms with van der Waals surface area (Å²) in [6.07, 6.45) is 64.5. The third-order valence-corrected chi connectivity index (χ3v) is 13.2. The third-order valence-electron chi connectivity index (χ3n) is 13.2. The van der Waals surface area contributed by atoms with Crippen LogP contribution in [0, 0.1) is 0 Å². The predicted octanol–water partition coefficient (Wildman–Crippen LogP) is 19.5. The second-order valence-corrected chi connectivity index (χ2v) is 19.9. The molecule has 0 spiro atoms. The molecule has 0 aromatic carbocycles. The Morgan fingerprint density at radius 3 is 0.864 bits per heavy atom. The van der Waals surface area contributed by atoms with Crippen LogP contribution in [0.4, 0.5) is 0 Å². The Bertz CT molecular complexity index is 1070. The first-order valence-electron chi connectivity index (χ1n) is 29.3. The first-order valence-corrected chi connectivity index (χ1v) is 29.3. The normalized spacial score (nSPS) is 12.1. The van der Waals surface area contributed by atoms with Crippen LogP contribution in [0.2, 0.25) is 0 Å². The maximum absolute atomic E-state index is 12.9. The van der Waals surface area contributed by atoms with Crippen LogP contribution in [0.1, 0.15) is 323 Å². The van der Waals surface area contributed by atoms with Gasteiger partial charge in [0.25, 0.3) is 0 Å². The van der Waals surface area contributed by atoms with Gasteiger partial charge in [-0.2, -0.15) is 0 Å². The van der Waals surface area contributed by atoms with Crippen molar-refractivity contribution in [3.8, 4) is 0 Å². The van der Waals surface area contributed by atoms with E-state index >= 15 is 0 Å². The van der Waals surface area contributed by atoms with Gasteiger partial charge < -0.3 is 14.2 Å². The minimum Gasteiger partial charge on any atom is -0.462 e. The highest BCUT2D eigenvalue weighted by Gasteiger charge is 2.19. The molecule has 0 saturated carbocycles. The van der Waals surface area contributed by atoms with E-state index in [1.165, 1.54) is 212 Å². The molecule has 0 aromatic heterocycles. The van der Waals surface area contributed by atoms with Gasteiger partial charge in [0.2, 0.25) is 0 Å². The van der Waals surface area contributed by atoms with Crippen LogP contribution in [-0.4, -0.2) is 37.2 Å². The zero-order valence-electron chi connectivity index (χ0n) is 44.5. The second-order valence-electron chi connectivity index (χ2n) is 19.9. The van der Waals surface area contributed by atoms with Crippen molar-refractivity contribution in [2.24, 2.45) is 0 Å². The molecule has 388 valence electrons. The van der Waals surface area contributed by atoms with E-state index in [1.807, 2.05) is 0 Å². The van der Waals surface area contributed by atoms with Crippen LogP contribution in [-0.2, 0) is 28.6 Å². The molecule has 6 nitrogen and oxygen atoms in total. The number of allylic oxidation sites excluding steroid dienone is 4. The summed E-state index contributed by atoms with van der Waals surface area (Å²) >= 11 is 0. The second kappa shape index (κ2) is 55.5. The van der Waals surface area contributed by atoms with Crippen molar-refractivity contribution in [2.75, 3.05) is 13.2 Å². The highest BCUT2D eigenvalue weighted by Crippen LogP contribution is 2.17. The molecule has 0 N–H and O–H groups in total. The standard InChI is InChI=1S/C60H112O6/c1-4-7-10-13-16-19-22-25-28-30-33-35-38-41-44-47-50-53-59(62)65-56-57(55-64-58(61)52-49-46-43-40-37-34-31-27-24-21-18-15-12-9-6-3)66-60(63)54-51-48-45-42-39-36-32-29-26-23-20-17-14-11-8-5-2/h16,19,25,28,57H,4-15,17-18,20-24,26-27,29-56H2,1-3H3/b19-16-,28-25-/t57-/m1/s1. The van der Waals surface area contributed by atoms with Crippen LogP contribution >= 0.6 is 0 Å². The van der Waals surface area contributed by atoms with Gasteiger partial charge in [0.15, 0.2) is 6.10 Å². The first-order chi connectivity index (χ1) is 32.5. The summed E-state index contributed by atoms with van der Waals surface area (Å²) in [6, 6.07) is 0. The molecular weight excluding hydrogens is 817 g/mol. The SMILES string of the molecule is CCCCC/C=C\C/C=C\CCCCCCCCCC(=O)OC[C@@H](COC(=O)CCCCCCCCCCCCCCCCC)OC(=O)CCCCCCCCCCCCCCCCCC. The Hall–Kier alpha value is -2.11. The highest BCUT2D eigenvalue weighted by molar-refractivity contribution is 5.71. The molecule has 0 unspecified atom stereocenters. The van der Waals surface area contributed by atoms with E-state index in [-0.39, 0.29) is 31.1 Å². The molecule has 0 heterocycles. The van der Waals surface area contributed by atoms with E-state index in [1.54, 1.807) is 0 Å². The Morgan fingerprint density at radius 2 is 0.545 bits per heavy atom. The smallest absolute Gasteiger partial charge is 0.306 e. The fourth-order valence-electron chi connectivity index (χ4n) is 8.77.